The molecular weight excluding hydrogens is 258 g/mol. The Bertz CT molecular complexity index is 308. The molecule has 1 unspecified atom stereocenters. The first-order chi connectivity index (χ1) is 9.33. The number of carboxylic acids is 1. The van der Waals surface area contributed by atoms with Crippen molar-refractivity contribution in [1.29, 1.82) is 0 Å². The van der Waals surface area contributed by atoms with Gasteiger partial charge in [-0.3, -0.25) is 4.79 Å². The molecule has 0 aromatic heterocycles. The van der Waals surface area contributed by atoms with Crippen LogP contribution in [0.4, 0.5) is 4.79 Å². The zero-order valence-electron chi connectivity index (χ0n) is 13.4. The summed E-state index contributed by atoms with van der Waals surface area (Å²) in [6.07, 6.45) is 0.894. The van der Waals surface area contributed by atoms with Crippen molar-refractivity contribution in [3.05, 3.63) is 0 Å². The predicted octanol–water partition coefficient (Wildman–Crippen LogP) is 1.42. The molecule has 2 amide bonds. The smallest absolute Gasteiger partial charge is 0.320 e. The van der Waals surface area contributed by atoms with Gasteiger partial charge in [-0.25, -0.2) is 4.79 Å². The molecule has 1 atom stereocenters. The Kier molecular flexibility index (Phi) is 8.96. The second-order valence-corrected chi connectivity index (χ2v) is 5.35. The summed E-state index contributed by atoms with van der Waals surface area (Å²) in [6, 6.07) is -0.0655. The lowest BCUT2D eigenvalue weighted by atomic mass is 10.2. The van der Waals surface area contributed by atoms with Crippen molar-refractivity contribution in [1.82, 2.24) is 14.7 Å². The Labute approximate surface area is 122 Å². The van der Waals surface area contributed by atoms with Gasteiger partial charge in [0.15, 0.2) is 0 Å². The second-order valence-electron chi connectivity index (χ2n) is 5.35. The fourth-order valence-electron chi connectivity index (χ4n) is 1.84. The van der Waals surface area contributed by atoms with Gasteiger partial charge in [0.2, 0.25) is 0 Å². The van der Waals surface area contributed by atoms with E-state index < -0.39 is 11.9 Å². The van der Waals surface area contributed by atoms with Crippen LogP contribution in [0.25, 0.3) is 0 Å². The van der Waals surface area contributed by atoms with E-state index >= 15 is 0 Å². The monoisotopic (exact) mass is 287 g/mol. The number of hydrogen-bond donors (Lipinski definition) is 1. The number of carbonyl (C=O) groups excluding carboxylic acids is 1. The van der Waals surface area contributed by atoms with Gasteiger partial charge in [-0.15, -0.1) is 0 Å². The number of amides is 2. The van der Waals surface area contributed by atoms with Gasteiger partial charge in [-0.2, -0.15) is 0 Å². The summed E-state index contributed by atoms with van der Waals surface area (Å²) in [5.41, 5.74) is 0. The molecule has 0 aliphatic rings. The van der Waals surface area contributed by atoms with E-state index in [9.17, 15) is 9.59 Å². The predicted molar refractivity (Wildman–Crippen MR) is 79.9 cm³/mol. The summed E-state index contributed by atoms with van der Waals surface area (Å²) in [4.78, 5) is 28.9. The minimum absolute atomic E-state index is 0.0655. The number of urea groups is 1. The Hall–Kier alpha value is -1.30. The van der Waals surface area contributed by atoms with Crippen LogP contribution in [0.2, 0.25) is 0 Å². The zero-order valence-corrected chi connectivity index (χ0v) is 13.4. The van der Waals surface area contributed by atoms with Crippen LogP contribution in [0.15, 0.2) is 0 Å². The Morgan fingerprint density at radius 1 is 1.05 bits per heavy atom. The number of hydrogen-bond acceptors (Lipinski definition) is 3. The fraction of sp³-hybridized carbons (Fsp3) is 0.857. The molecule has 0 aliphatic carbocycles. The third kappa shape index (κ3) is 6.75. The highest BCUT2D eigenvalue weighted by molar-refractivity contribution is 5.76. The lowest BCUT2D eigenvalue weighted by molar-refractivity contribution is -0.141. The van der Waals surface area contributed by atoms with Crippen LogP contribution < -0.4 is 0 Å². The SMILES string of the molecule is CCCN(CCN(C)C)C(=O)N(CC)CC(C)C(=O)O. The molecule has 6 heteroatoms. The van der Waals surface area contributed by atoms with Crippen LogP contribution in [0, 0.1) is 5.92 Å². The van der Waals surface area contributed by atoms with E-state index in [1.165, 1.54) is 0 Å². The van der Waals surface area contributed by atoms with Gasteiger partial charge in [0.05, 0.1) is 5.92 Å². The van der Waals surface area contributed by atoms with Crippen molar-refractivity contribution in [2.24, 2.45) is 5.92 Å². The standard InChI is InChI=1S/C14H29N3O3/c1-6-8-17(10-9-15(4)5)14(20)16(7-2)11-12(3)13(18)19/h12H,6-11H2,1-5H3,(H,18,19). The summed E-state index contributed by atoms with van der Waals surface area (Å²) in [7, 11) is 3.94. The minimum Gasteiger partial charge on any atom is -0.481 e. The summed E-state index contributed by atoms with van der Waals surface area (Å²) in [6.45, 7) is 8.49. The van der Waals surface area contributed by atoms with Crippen molar-refractivity contribution in [2.75, 3.05) is 46.8 Å². The highest BCUT2D eigenvalue weighted by atomic mass is 16.4. The van der Waals surface area contributed by atoms with Crippen molar-refractivity contribution < 1.29 is 14.7 Å². The molecule has 0 rings (SSSR count). The number of carbonyl (C=O) groups is 2. The maximum absolute atomic E-state index is 12.5. The molecule has 20 heavy (non-hydrogen) atoms. The number of nitrogens with zero attached hydrogens (tertiary/aromatic N) is 3. The van der Waals surface area contributed by atoms with E-state index in [2.05, 4.69) is 0 Å². The fourth-order valence-corrected chi connectivity index (χ4v) is 1.84. The summed E-state index contributed by atoms with van der Waals surface area (Å²) in [5.74, 6) is -1.41. The number of rotatable bonds is 9. The average molecular weight is 287 g/mol. The molecule has 1 N–H and O–H groups in total. The van der Waals surface area contributed by atoms with Crippen LogP contribution in [-0.4, -0.2) is 78.6 Å². The summed E-state index contributed by atoms with van der Waals surface area (Å²) in [5, 5.41) is 8.97. The summed E-state index contributed by atoms with van der Waals surface area (Å²) < 4.78 is 0. The maximum atomic E-state index is 12.5. The topological polar surface area (TPSA) is 64.1 Å². The van der Waals surface area contributed by atoms with E-state index in [-0.39, 0.29) is 12.6 Å². The highest BCUT2D eigenvalue weighted by Gasteiger charge is 2.23. The van der Waals surface area contributed by atoms with E-state index in [4.69, 9.17) is 5.11 Å². The quantitative estimate of drug-likeness (QED) is 0.696. The molecule has 0 saturated carbocycles. The van der Waals surface area contributed by atoms with Crippen LogP contribution in [0.1, 0.15) is 27.2 Å². The van der Waals surface area contributed by atoms with Gasteiger partial charge in [0.1, 0.15) is 0 Å². The number of likely N-dealkylation sites (N-methyl/N-ethyl adjacent to an activating group) is 1. The molecule has 6 nitrogen and oxygen atoms in total. The third-order valence-corrected chi connectivity index (χ3v) is 3.15. The molecule has 0 heterocycles. The van der Waals surface area contributed by atoms with Crippen molar-refractivity contribution >= 4 is 12.0 Å². The summed E-state index contributed by atoms with van der Waals surface area (Å²) >= 11 is 0. The molecular formula is C14H29N3O3. The molecule has 0 aromatic rings. The Morgan fingerprint density at radius 3 is 2.05 bits per heavy atom. The lowest BCUT2D eigenvalue weighted by Crippen LogP contribution is -2.47. The van der Waals surface area contributed by atoms with Crippen LogP contribution >= 0.6 is 0 Å². The Balaban J connectivity index is 4.68. The minimum atomic E-state index is -0.869. The van der Waals surface area contributed by atoms with E-state index in [1.54, 1.807) is 16.7 Å². The molecule has 0 spiro atoms. The molecule has 0 aromatic carbocycles. The molecule has 0 radical (unpaired) electrons. The van der Waals surface area contributed by atoms with Gasteiger partial charge >= 0.3 is 12.0 Å². The lowest BCUT2D eigenvalue weighted by Gasteiger charge is -2.31. The van der Waals surface area contributed by atoms with Gasteiger partial charge in [-0.05, 0) is 27.4 Å². The average Bonchev–Trinajstić information content (AvgIpc) is 2.39. The first-order valence-corrected chi connectivity index (χ1v) is 7.24. The van der Waals surface area contributed by atoms with Gasteiger partial charge in [0, 0.05) is 32.7 Å². The largest absolute Gasteiger partial charge is 0.481 e. The molecule has 0 saturated heterocycles. The van der Waals surface area contributed by atoms with Crippen LogP contribution in [0.3, 0.4) is 0 Å². The van der Waals surface area contributed by atoms with Crippen LogP contribution in [-0.2, 0) is 4.79 Å². The normalized spacial score (nSPS) is 12.3. The Morgan fingerprint density at radius 2 is 1.65 bits per heavy atom. The van der Waals surface area contributed by atoms with Crippen molar-refractivity contribution in [3.8, 4) is 0 Å². The first-order valence-electron chi connectivity index (χ1n) is 7.24. The van der Waals surface area contributed by atoms with Crippen molar-refractivity contribution in [2.45, 2.75) is 27.2 Å². The zero-order chi connectivity index (χ0) is 15.7. The molecule has 0 fully saturated rings. The molecule has 118 valence electrons. The van der Waals surface area contributed by atoms with Gasteiger partial charge in [0.25, 0.3) is 0 Å². The highest BCUT2D eigenvalue weighted by Crippen LogP contribution is 2.06. The van der Waals surface area contributed by atoms with Gasteiger partial charge < -0.3 is 19.8 Å². The first kappa shape index (κ1) is 18.7. The van der Waals surface area contributed by atoms with Crippen molar-refractivity contribution in [3.63, 3.8) is 0 Å². The van der Waals surface area contributed by atoms with E-state index in [0.29, 0.717) is 19.6 Å². The van der Waals surface area contributed by atoms with E-state index in [1.807, 2.05) is 32.8 Å². The van der Waals surface area contributed by atoms with Crippen LogP contribution in [0.5, 0.6) is 0 Å². The number of aliphatic carboxylic acids is 1. The maximum Gasteiger partial charge on any atom is 0.320 e. The van der Waals surface area contributed by atoms with E-state index in [0.717, 1.165) is 13.0 Å². The molecule has 0 bridgehead atoms. The van der Waals surface area contributed by atoms with Gasteiger partial charge in [-0.1, -0.05) is 13.8 Å². The number of carboxylic acid groups (broad SMARTS) is 1. The third-order valence-electron chi connectivity index (χ3n) is 3.15. The second kappa shape index (κ2) is 9.58. The molecule has 0 aliphatic heterocycles.